The summed E-state index contributed by atoms with van der Waals surface area (Å²) < 4.78 is 0. The molecule has 0 spiro atoms. The van der Waals surface area contributed by atoms with Crippen LogP contribution in [0.3, 0.4) is 0 Å². The molecule has 6 N–H and O–H groups in total. The zero-order chi connectivity index (χ0) is 26.9. The lowest BCUT2D eigenvalue weighted by Gasteiger charge is -2.00. The second-order valence-corrected chi connectivity index (χ2v) is 9.27. The Morgan fingerprint density at radius 1 is 0.556 bits per heavy atom. The number of hydrogen-bond donors (Lipinski definition) is 3. The van der Waals surface area contributed by atoms with Crippen molar-refractivity contribution in [3.8, 4) is 0 Å². The summed E-state index contributed by atoms with van der Waals surface area (Å²) in [6, 6.07) is 11.4. The minimum Gasteiger partial charge on any atom is -0.389 e. The molecule has 0 aliphatic carbocycles. The van der Waals surface area contributed by atoms with E-state index < -0.39 is 0 Å². The molecule has 192 valence electrons. The summed E-state index contributed by atoms with van der Waals surface area (Å²) in [6.45, 7) is 6.36. The van der Waals surface area contributed by atoms with Crippen molar-refractivity contribution in [2.24, 2.45) is 17.2 Å². The molecule has 0 aliphatic heterocycles. The highest BCUT2D eigenvalue weighted by Gasteiger charge is 1.99. The van der Waals surface area contributed by atoms with Crippen molar-refractivity contribution in [3.63, 3.8) is 0 Å². The second-order valence-electron chi connectivity index (χ2n) is 7.95. The van der Waals surface area contributed by atoms with Gasteiger partial charge in [0, 0.05) is 52.4 Å². The van der Waals surface area contributed by atoms with Gasteiger partial charge in [0.15, 0.2) is 0 Å². The van der Waals surface area contributed by atoms with Crippen molar-refractivity contribution in [3.05, 3.63) is 88.8 Å². The largest absolute Gasteiger partial charge is 0.389 e. The van der Waals surface area contributed by atoms with Gasteiger partial charge in [0.2, 0.25) is 0 Å². The van der Waals surface area contributed by atoms with Crippen LogP contribution in [0, 0.1) is 0 Å². The number of thiocarbonyl (C=S) groups is 3. The predicted octanol–water partition coefficient (Wildman–Crippen LogP) is 5.00. The molecule has 9 heteroatoms. The monoisotopic (exact) mass is 540 g/mol. The Hall–Kier alpha value is -2.88. The highest BCUT2D eigenvalue weighted by atomic mass is 32.1. The van der Waals surface area contributed by atoms with Gasteiger partial charge in [-0.3, -0.25) is 15.0 Å². The molecule has 0 aliphatic rings. The summed E-state index contributed by atoms with van der Waals surface area (Å²) in [7, 11) is 0. The van der Waals surface area contributed by atoms with Crippen LogP contribution in [0.1, 0.15) is 73.8 Å². The molecule has 0 saturated carbocycles. The first-order chi connectivity index (χ1) is 17.2. The SMILES string of the molecule is CCCc1cc(C(N)=S)ccn1.CCCc1cc(C(N)=S)ccn1.CCCc1cc(C(N)=S)ccn1. The predicted molar refractivity (Wildman–Crippen MR) is 162 cm³/mol. The first kappa shape index (κ1) is 31.2. The van der Waals surface area contributed by atoms with E-state index in [9.17, 15) is 0 Å². The average molecular weight is 541 g/mol. The Balaban J connectivity index is 0.000000270. The van der Waals surface area contributed by atoms with Gasteiger partial charge in [-0.25, -0.2) is 0 Å². The van der Waals surface area contributed by atoms with Gasteiger partial charge in [0.25, 0.3) is 0 Å². The van der Waals surface area contributed by atoms with Crippen molar-refractivity contribution < 1.29 is 0 Å². The lowest BCUT2D eigenvalue weighted by molar-refractivity contribution is 0.882. The van der Waals surface area contributed by atoms with Gasteiger partial charge >= 0.3 is 0 Å². The Bertz CT molecular complexity index is 992. The minimum absolute atomic E-state index is 0.440. The molecule has 3 aromatic rings. The third kappa shape index (κ3) is 12.2. The lowest BCUT2D eigenvalue weighted by Crippen LogP contribution is -2.09. The van der Waals surface area contributed by atoms with Crippen LogP contribution in [0.25, 0.3) is 0 Å². The van der Waals surface area contributed by atoms with Crippen molar-refractivity contribution in [2.75, 3.05) is 0 Å². The topological polar surface area (TPSA) is 117 Å². The molecule has 3 heterocycles. The number of aryl methyl sites for hydroxylation is 3. The molecule has 0 aromatic carbocycles. The summed E-state index contributed by atoms with van der Waals surface area (Å²) in [6.07, 6.45) is 11.5. The first-order valence-corrected chi connectivity index (χ1v) is 13.2. The molecule has 0 amide bonds. The summed E-state index contributed by atoms with van der Waals surface area (Å²) >= 11 is 14.6. The Labute approximate surface area is 231 Å². The van der Waals surface area contributed by atoms with E-state index in [0.29, 0.717) is 15.0 Å². The number of nitrogens with two attached hydrogens (primary N) is 3. The van der Waals surface area contributed by atoms with E-state index in [4.69, 9.17) is 53.9 Å². The lowest BCUT2D eigenvalue weighted by atomic mass is 10.2. The third-order valence-electron chi connectivity index (χ3n) is 4.82. The van der Waals surface area contributed by atoms with Gasteiger partial charge in [-0.1, -0.05) is 76.7 Å². The maximum Gasteiger partial charge on any atom is 0.104 e. The maximum atomic E-state index is 5.48. The third-order valence-corrected chi connectivity index (χ3v) is 5.53. The molecule has 3 rings (SSSR count). The molecular formula is C27H36N6S3. The van der Waals surface area contributed by atoms with Crippen LogP contribution in [-0.4, -0.2) is 29.9 Å². The van der Waals surface area contributed by atoms with E-state index in [1.807, 2.05) is 36.4 Å². The molecule has 0 atom stereocenters. The highest BCUT2D eigenvalue weighted by Crippen LogP contribution is 2.05. The Kier molecular flexibility index (Phi) is 15.2. The van der Waals surface area contributed by atoms with Crippen LogP contribution in [-0.2, 0) is 19.3 Å². The van der Waals surface area contributed by atoms with E-state index in [2.05, 4.69) is 35.7 Å². The standard InChI is InChI=1S/3C9H12N2S/c3*1-2-3-8-6-7(9(10)12)4-5-11-8/h3*4-6H,2-3H2,1H3,(H2,10,12). The molecule has 0 unspecified atom stereocenters. The van der Waals surface area contributed by atoms with Crippen LogP contribution in [0.5, 0.6) is 0 Å². The quantitative estimate of drug-likeness (QED) is 0.322. The highest BCUT2D eigenvalue weighted by molar-refractivity contribution is 7.81. The van der Waals surface area contributed by atoms with E-state index in [1.54, 1.807) is 18.6 Å². The summed E-state index contributed by atoms with van der Waals surface area (Å²) in [5.41, 5.74) is 22.3. The van der Waals surface area contributed by atoms with Crippen LogP contribution in [0.4, 0.5) is 0 Å². The summed E-state index contributed by atoms with van der Waals surface area (Å²) in [4.78, 5) is 13.9. The molecular weight excluding hydrogens is 505 g/mol. The summed E-state index contributed by atoms with van der Waals surface area (Å²) in [5, 5.41) is 0. The van der Waals surface area contributed by atoms with E-state index >= 15 is 0 Å². The fraction of sp³-hybridized carbons (Fsp3) is 0.333. The van der Waals surface area contributed by atoms with Crippen LogP contribution in [0.15, 0.2) is 55.0 Å². The van der Waals surface area contributed by atoms with Gasteiger partial charge in [-0.15, -0.1) is 0 Å². The van der Waals surface area contributed by atoms with Crippen LogP contribution in [0.2, 0.25) is 0 Å². The number of aromatic nitrogens is 3. The molecule has 0 fully saturated rings. The van der Waals surface area contributed by atoms with Crippen molar-refractivity contribution in [1.29, 1.82) is 0 Å². The van der Waals surface area contributed by atoms with Crippen molar-refractivity contribution in [2.45, 2.75) is 59.3 Å². The normalized spacial score (nSPS) is 9.75. The van der Waals surface area contributed by atoms with E-state index in [1.165, 1.54) is 0 Å². The van der Waals surface area contributed by atoms with Gasteiger partial charge in [-0.2, -0.15) is 0 Å². The smallest absolute Gasteiger partial charge is 0.104 e. The zero-order valence-corrected chi connectivity index (χ0v) is 23.7. The molecule has 0 radical (unpaired) electrons. The number of nitrogens with zero attached hydrogens (tertiary/aromatic N) is 3. The van der Waals surface area contributed by atoms with Gasteiger partial charge in [0.1, 0.15) is 15.0 Å². The Morgan fingerprint density at radius 3 is 1.00 bits per heavy atom. The molecule has 0 bridgehead atoms. The fourth-order valence-electron chi connectivity index (χ4n) is 3.07. The average Bonchev–Trinajstić information content (AvgIpc) is 2.86. The van der Waals surface area contributed by atoms with Crippen LogP contribution < -0.4 is 17.2 Å². The molecule has 6 nitrogen and oxygen atoms in total. The van der Waals surface area contributed by atoms with Gasteiger partial charge < -0.3 is 17.2 Å². The molecule has 36 heavy (non-hydrogen) atoms. The number of rotatable bonds is 9. The maximum absolute atomic E-state index is 5.48. The first-order valence-electron chi connectivity index (χ1n) is 12.0. The molecule has 3 aromatic heterocycles. The van der Waals surface area contributed by atoms with Gasteiger partial charge in [0.05, 0.1) is 0 Å². The van der Waals surface area contributed by atoms with E-state index in [0.717, 1.165) is 72.3 Å². The zero-order valence-electron chi connectivity index (χ0n) is 21.2. The number of hydrogen-bond acceptors (Lipinski definition) is 6. The van der Waals surface area contributed by atoms with Gasteiger partial charge in [-0.05, 0) is 55.7 Å². The Morgan fingerprint density at radius 2 is 0.806 bits per heavy atom. The number of pyridine rings is 3. The fourth-order valence-corrected chi connectivity index (χ4v) is 3.45. The van der Waals surface area contributed by atoms with Crippen molar-refractivity contribution in [1.82, 2.24) is 15.0 Å². The van der Waals surface area contributed by atoms with Crippen LogP contribution >= 0.6 is 36.7 Å². The minimum atomic E-state index is 0.440. The second kappa shape index (κ2) is 17.5. The van der Waals surface area contributed by atoms with Crippen molar-refractivity contribution >= 4 is 51.6 Å². The van der Waals surface area contributed by atoms with E-state index in [-0.39, 0.29) is 0 Å². The molecule has 0 saturated heterocycles. The summed E-state index contributed by atoms with van der Waals surface area (Å²) in [5.74, 6) is 0.